The number of allylic oxidation sites excluding steroid dienone is 8. The number of dihydropyridines is 1. The molecule has 5 heteroatoms. The highest BCUT2D eigenvalue weighted by atomic mass is 127. The van der Waals surface area contributed by atoms with Crippen molar-refractivity contribution in [3.8, 4) is 11.4 Å². The minimum atomic E-state index is -0.220. The fraction of sp³-hybridized carbons (Fsp3) is 0.289. The maximum Gasteiger partial charge on any atom is 0.163 e. The molecule has 1 aromatic heterocycles. The Labute approximate surface area is 309 Å². The van der Waals surface area contributed by atoms with Gasteiger partial charge in [-0.15, -0.1) is 0 Å². The van der Waals surface area contributed by atoms with E-state index in [9.17, 15) is 0 Å². The highest BCUT2D eigenvalue weighted by molar-refractivity contribution is 14.1. The third kappa shape index (κ3) is 5.06. The van der Waals surface area contributed by atoms with Gasteiger partial charge in [0.05, 0.1) is 6.04 Å². The number of hydrogen-bond acceptors (Lipinski definition) is 4. The molecule has 3 aromatic carbocycles. The number of rotatable bonds is 7. The number of halogens is 1. The lowest BCUT2D eigenvalue weighted by Crippen LogP contribution is -2.34. The second kappa shape index (κ2) is 13.1. The van der Waals surface area contributed by atoms with Crippen LogP contribution in [0.15, 0.2) is 132 Å². The molecular weight excluding hydrogens is 723 g/mol. The minimum Gasteiger partial charge on any atom is -0.285 e. The smallest absolute Gasteiger partial charge is 0.163 e. The molecule has 1 aliphatic heterocycles. The van der Waals surface area contributed by atoms with Gasteiger partial charge in [0.2, 0.25) is 0 Å². The number of nitrogens with zero attached hydrogens (tertiary/aromatic N) is 4. The lowest BCUT2D eigenvalue weighted by molar-refractivity contribution is 0.321. The van der Waals surface area contributed by atoms with E-state index in [1.54, 1.807) is 0 Å². The highest BCUT2D eigenvalue weighted by Gasteiger charge is 2.57. The van der Waals surface area contributed by atoms with Crippen LogP contribution in [0.2, 0.25) is 0 Å². The largest absolute Gasteiger partial charge is 0.285 e. The lowest BCUT2D eigenvalue weighted by atomic mass is 9.63. The zero-order valence-electron chi connectivity index (χ0n) is 28.4. The van der Waals surface area contributed by atoms with Gasteiger partial charge in [-0.1, -0.05) is 139 Å². The third-order valence-electron chi connectivity index (χ3n) is 11.7. The summed E-state index contributed by atoms with van der Waals surface area (Å²) in [6, 6.07) is 29.2. The van der Waals surface area contributed by atoms with Crippen LogP contribution in [-0.4, -0.2) is 31.6 Å². The Kier molecular flexibility index (Phi) is 8.34. The van der Waals surface area contributed by atoms with E-state index >= 15 is 0 Å². The van der Waals surface area contributed by atoms with E-state index in [0.29, 0.717) is 17.8 Å². The fourth-order valence-corrected chi connectivity index (χ4v) is 10.1. The Morgan fingerprint density at radius 2 is 1.64 bits per heavy atom. The number of aliphatic imine (C=N–C) groups is 1. The third-order valence-corrected chi connectivity index (χ3v) is 12.5. The topological polar surface area (TPSA) is 51.0 Å². The number of aromatic nitrogens is 3. The zero-order chi connectivity index (χ0) is 33.7. The first-order valence-electron chi connectivity index (χ1n) is 18.3. The molecule has 4 nitrogen and oxygen atoms in total. The van der Waals surface area contributed by atoms with Crippen molar-refractivity contribution in [3.63, 3.8) is 0 Å². The quantitative estimate of drug-likeness (QED) is 0.107. The molecule has 2 heterocycles. The van der Waals surface area contributed by atoms with Crippen molar-refractivity contribution in [2.24, 2.45) is 16.8 Å². The van der Waals surface area contributed by atoms with Crippen LogP contribution in [-0.2, 0) is 5.41 Å². The average Bonchev–Trinajstić information content (AvgIpc) is 3.49. The minimum absolute atomic E-state index is 0.0989. The van der Waals surface area contributed by atoms with Gasteiger partial charge in [0.1, 0.15) is 5.82 Å². The fourth-order valence-electron chi connectivity index (χ4n) is 9.64. The van der Waals surface area contributed by atoms with Gasteiger partial charge in [-0.05, 0) is 93.9 Å². The summed E-state index contributed by atoms with van der Waals surface area (Å²) in [4.78, 5) is 20.5. The molecule has 9 rings (SSSR count). The molecule has 1 spiro atoms. The summed E-state index contributed by atoms with van der Waals surface area (Å²) in [6.07, 6.45) is 23.3. The van der Waals surface area contributed by atoms with Crippen LogP contribution in [0, 0.1) is 11.8 Å². The van der Waals surface area contributed by atoms with Gasteiger partial charge in [0.25, 0.3) is 0 Å². The Balaban J connectivity index is 1.24. The Bertz CT molecular complexity index is 2140. The molecule has 0 radical (unpaired) electrons. The molecule has 6 atom stereocenters. The van der Waals surface area contributed by atoms with Crippen molar-refractivity contribution in [2.75, 3.05) is 4.43 Å². The molecule has 0 N–H and O–H groups in total. The van der Waals surface area contributed by atoms with Crippen LogP contribution in [0.5, 0.6) is 0 Å². The van der Waals surface area contributed by atoms with Gasteiger partial charge in [-0.25, -0.2) is 15.0 Å². The van der Waals surface area contributed by atoms with E-state index in [2.05, 4.69) is 145 Å². The number of benzene rings is 3. The molecular formula is C45H41IN4. The van der Waals surface area contributed by atoms with E-state index in [1.165, 1.54) is 50.7 Å². The summed E-state index contributed by atoms with van der Waals surface area (Å²) in [7, 11) is 0. The second-order valence-corrected chi connectivity index (χ2v) is 15.3. The van der Waals surface area contributed by atoms with Crippen LogP contribution in [0.4, 0.5) is 0 Å². The first kappa shape index (κ1) is 31.7. The standard InChI is InChI=1S/C45H41IN4/c1-2-33-34-17-6-8-20-38(34)45(37(33)22-11-25-46)39-21-9-7-18-35(39)36-19-10-15-31(28-40(36)45)43-48-42(29-13-4-3-5-14-29)49-44(50-43)32-23-24-41-30(27-32)16-12-26-47-41/h3-10,12-14,16-21,23-24,26,28,30,32-33,37,41H,2,11,15,22,25,27H2,1H3/t30?,32?,33?,37?,41-,45+/m0/s1. The second-order valence-electron chi connectivity index (χ2n) is 14.3. The normalized spacial score (nSPS) is 27.2. The first-order valence-corrected chi connectivity index (χ1v) is 19.8. The number of fused-ring (bicyclic) bond motifs is 7. The van der Waals surface area contributed by atoms with Crippen molar-refractivity contribution in [1.29, 1.82) is 0 Å². The Morgan fingerprint density at radius 1 is 0.840 bits per heavy atom. The van der Waals surface area contributed by atoms with Gasteiger partial charge >= 0.3 is 0 Å². The van der Waals surface area contributed by atoms with Gasteiger partial charge in [0, 0.05) is 34.6 Å². The molecule has 4 unspecified atom stereocenters. The van der Waals surface area contributed by atoms with Crippen LogP contribution in [0.25, 0.3) is 22.5 Å². The molecule has 50 heavy (non-hydrogen) atoms. The van der Waals surface area contributed by atoms with Gasteiger partial charge in [-0.2, -0.15) is 0 Å². The predicted molar refractivity (Wildman–Crippen MR) is 214 cm³/mol. The summed E-state index contributed by atoms with van der Waals surface area (Å²) in [6.45, 7) is 2.39. The predicted octanol–water partition coefficient (Wildman–Crippen LogP) is 10.6. The monoisotopic (exact) mass is 764 g/mol. The zero-order valence-corrected chi connectivity index (χ0v) is 30.6. The number of alkyl halides is 1. The molecule has 4 aromatic rings. The summed E-state index contributed by atoms with van der Waals surface area (Å²) >= 11 is 2.57. The summed E-state index contributed by atoms with van der Waals surface area (Å²) in [5, 5.41) is 0. The molecule has 0 saturated carbocycles. The number of hydrogen-bond donors (Lipinski definition) is 0. The van der Waals surface area contributed by atoms with Crippen molar-refractivity contribution in [3.05, 3.63) is 161 Å². The van der Waals surface area contributed by atoms with Crippen molar-refractivity contribution in [1.82, 2.24) is 15.0 Å². The van der Waals surface area contributed by atoms with Crippen molar-refractivity contribution < 1.29 is 0 Å². The Hall–Kier alpha value is -4.23. The summed E-state index contributed by atoms with van der Waals surface area (Å²) in [5.41, 5.74) is 10.6. The molecule has 0 bridgehead atoms. The first-order chi connectivity index (χ1) is 24.7. The van der Waals surface area contributed by atoms with Crippen LogP contribution < -0.4 is 0 Å². The lowest BCUT2D eigenvalue weighted by Gasteiger charge is -2.38. The van der Waals surface area contributed by atoms with Gasteiger partial charge in [0.15, 0.2) is 11.6 Å². The molecule has 0 amide bonds. The molecule has 0 fully saturated rings. The van der Waals surface area contributed by atoms with Gasteiger partial charge < -0.3 is 0 Å². The maximum atomic E-state index is 5.35. The molecule has 248 valence electrons. The van der Waals surface area contributed by atoms with Crippen LogP contribution in [0.3, 0.4) is 0 Å². The average molecular weight is 765 g/mol. The Morgan fingerprint density at radius 3 is 2.50 bits per heavy atom. The summed E-state index contributed by atoms with van der Waals surface area (Å²) < 4.78 is 1.17. The van der Waals surface area contributed by atoms with E-state index in [4.69, 9.17) is 19.9 Å². The summed E-state index contributed by atoms with van der Waals surface area (Å²) in [5.74, 6) is 3.80. The van der Waals surface area contributed by atoms with Crippen molar-refractivity contribution in [2.45, 2.75) is 62.3 Å². The van der Waals surface area contributed by atoms with E-state index < -0.39 is 0 Å². The highest BCUT2D eigenvalue weighted by Crippen LogP contribution is 2.65. The van der Waals surface area contributed by atoms with E-state index in [1.807, 2.05) is 12.3 Å². The van der Waals surface area contributed by atoms with Crippen LogP contribution >= 0.6 is 22.6 Å². The molecule has 5 aliphatic rings. The van der Waals surface area contributed by atoms with Gasteiger partial charge in [-0.3, -0.25) is 4.99 Å². The molecule has 0 saturated heterocycles. The van der Waals surface area contributed by atoms with Crippen LogP contribution in [0.1, 0.15) is 84.8 Å². The maximum absolute atomic E-state index is 5.35. The van der Waals surface area contributed by atoms with E-state index in [-0.39, 0.29) is 17.4 Å². The van der Waals surface area contributed by atoms with E-state index in [0.717, 1.165) is 47.9 Å². The molecule has 4 aliphatic carbocycles. The van der Waals surface area contributed by atoms with Crippen molar-refractivity contribution >= 4 is 40.0 Å². The SMILES string of the molecule is CCC1c2ccccc2[C@]2(C3=C(C=CCC(c4nc(-c5ccccc5)nc(C5C=C[C@@H]6N=CC=CC6C5)n4)=C3)c3ccccc32)C1CCCI.